The van der Waals surface area contributed by atoms with E-state index in [1.165, 1.54) is 6.07 Å². The van der Waals surface area contributed by atoms with E-state index < -0.39 is 0 Å². The van der Waals surface area contributed by atoms with Gasteiger partial charge in [-0.3, -0.25) is 4.40 Å². The lowest BCUT2D eigenvalue weighted by Gasteiger charge is -2.10. The molecule has 2 aromatic heterocycles. The Kier molecular flexibility index (Phi) is 5.23. The number of pyridine rings is 1. The van der Waals surface area contributed by atoms with Crippen LogP contribution >= 0.6 is 0 Å². The number of guanidine groups is 1. The van der Waals surface area contributed by atoms with E-state index in [4.69, 9.17) is 0 Å². The first-order chi connectivity index (χ1) is 12.2. The van der Waals surface area contributed by atoms with Gasteiger partial charge in [-0.2, -0.15) is 0 Å². The number of hydrogen-bond donors (Lipinski definition) is 2. The second kappa shape index (κ2) is 7.74. The zero-order valence-corrected chi connectivity index (χ0v) is 14.3. The Hall–Kier alpha value is -2.96. The number of nitrogens with zero attached hydrogens (tertiary/aromatic N) is 4. The van der Waals surface area contributed by atoms with Gasteiger partial charge in [-0.15, -0.1) is 10.2 Å². The van der Waals surface area contributed by atoms with Gasteiger partial charge in [-0.05, 0) is 43.2 Å². The molecule has 0 aliphatic rings. The van der Waals surface area contributed by atoms with Gasteiger partial charge in [0, 0.05) is 12.7 Å². The lowest BCUT2D eigenvalue weighted by Crippen LogP contribution is -2.37. The van der Waals surface area contributed by atoms with Gasteiger partial charge in [0.05, 0.1) is 13.1 Å². The van der Waals surface area contributed by atoms with Gasteiger partial charge in [-0.25, -0.2) is 9.38 Å². The Balaban J connectivity index is 1.69. The molecule has 2 N–H and O–H groups in total. The van der Waals surface area contributed by atoms with E-state index in [0.29, 0.717) is 24.6 Å². The number of aromatic nitrogens is 3. The normalized spacial score (nSPS) is 11.7. The van der Waals surface area contributed by atoms with Gasteiger partial charge in [-0.1, -0.05) is 18.2 Å². The summed E-state index contributed by atoms with van der Waals surface area (Å²) < 4.78 is 15.3. The van der Waals surface area contributed by atoms with Crippen LogP contribution in [0.15, 0.2) is 47.6 Å². The van der Waals surface area contributed by atoms with Crippen LogP contribution in [0.4, 0.5) is 4.39 Å². The summed E-state index contributed by atoms with van der Waals surface area (Å²) in [6.07, 6.45) is 1.93. The zero-order chi connectivity index (χ0) is 17.6. The van der Waals surface area contributed by atoms with Crippen molar-refractivity contribution in [3.63, 3.8) is 0 Å². The van der Waals surface area contributed by atoms with E-state index in [-0.39, 0.29) is 5.82 Å². The van der Waals surface area contributed by atoms with Crippen molar-refractivity contribution < 1.29 is 4.39 Å². The van der Waals surface area contributed by atoms with Crippen LogP contribution in [0.3, 0.4) is 0 Å². The molecule has 0 fully saturated rings. The van der Waals surface area contributed by atoms with Crippen LogP contribution in [0, 0.1) is 12.7 Å². The predicted molar refractivity (Wildman–Crippen MR) is 95.8 cm³/mol. The van der Waals surface area contributed by atoms with Crippen LogP contribution in [0.2, 0.25) is 0 Å². The second-order valence-corrected chi connectivity index (χ2v) is 5.68. The molecule has 6 nitrogen and oxygen atoms in total. The van der Waals surface area contributed by atoms with Crippen molar-refractivity contribution >= 4 is 11.6 Å². The largest absolute Gasteiger partial charge is 0.357 e. The van der Waals surface area contributed by atoms with Gasteiger partial charge in [0.15, 0.2) is 17.4 Å². The fourth-order valence-corrected chi connectivity index (χ4v) is 2.49. The maximum Gasteiger partial charge on any atom is 0.191 e. The lowest BCUT2D eigenvalue weighted by molar-refractivity contribution is 0.617. The fourth-order valence-electron chi connectivity index (χ4n) is 2.49. The Bertz CT molecular complexity index is 886. The molecule has 1 aromatic carbocycles. The number of fused-ring (bicyclic) bond motifs is 1. The molecule has 0 radical (unpaired) electrons. The predicted octanol–water partition coefficient (Wildman–Crippen LogP) is 2.43. The topological polar surface area (TPSA) is 66.6 Å². The molecule has 0 amide bonds. The Morgan fingerprint density at radius 3 is 2.88 bits per heavy atom. The first kappa shape index (κ1) is 16.9. The molecule has 25 heavy (non-hydrogen) atoms. The van der Waals surface area contributed by atoms with Crippen LogP contribution in [-0.2, 0) is 13.1 Å². The van der Waals surface area contributed by atoms with E-state index in [1.807, 2.05) is 41.8 Å². The van der Waals surface area contributed by atoms with E-state index in [9.17, 15) is 4.39 Å². The smallest absolute Gasteiger partial charge is 0.191 e. The Morgan fingerprint density at radius 1 is 1.20 bits per heavy atom. The fraction of sp³-hybridized carbons (Fsp3) is 0.278. The molecule has 3 rings (SSSR count). The maximum absolute atomic E-state index is 13.3. The summed E-state index contributed by atoms with van der Waals surface area (Å²) in [6.45, 7) is 5.47. The number of benzene rings is 1. The molecule has 7 heteroatoms. The minimum absolute atomic E-state index is 0.198. The lowest BCUT2D eigenvalue weighted by atomic mass is 10.1. The Morgan fingerprint density at radius 2 is 2.08 bits per heavy atom. The number of halogens is 1. The van der Waals surface area contributed by atoms with Crippen molar-refractivity contribution in [2.24, 2.45) is 4.99 Å². The third kappa shape index (κ3) is 4.12. The number of aryl methyl sites for hydroxylation is 1. The van der Waals surface area contributed by atoms with Crippen LogP contribution in [0.25, 0.3) is 5.65 Å². The molecule has 130 valence electrons. The number of rotatable bonds is 5. The SMILES string of the molecule is CCNC(=NCc1ccc(F)c(C)c1)NCc1nnc2ccccn12. The molecule has 0 aliphatic heterocycles. The first-order valence-corrected chi connectivity index (χ1v) is 8.23. The average molecular weight is 340 g/mol. The van der Waals surface area contributed by atoms with Gasteiger partial charge in [0.25, 0.3) is 0 Å². The van der Waals surface area contributed by atoms with E-state index >= 15 is 0 Å². The summed E-state index contributed by atoms with van der Waals surface area (Å²) in [5, 5.41) is 14.8. The van der Waals surface area contributed by atoms with Crippen molar-refractivity contribution in [1.82, 2.24) is 25.2 Å². The standard InChI is InChI=1S/C18H21FN6/c1-3-20-18(21-11-14-7-8-15(19)13(2)10-14)22-12-17-24-23-16-6-4-5-9-25(16)17/h4-10H,3,11-12H2,1-2H3,(H2,20,21,22). The Labute approximate surface area is 145 Å². The highest BCUT2D eigenvalue weighted by Gasteiger charge is 2.06. The molecular formula is C18H21FN6. The highest BCUT2D eigenvalue weighted by Crippen LogP contribution is 2.10. The van der Waals surface area contributed by atoms with Crippen LogP contribution in [0.5, 0.6) is 0 Å². The highest BCUT2D eigenvalue weighted by molar-refractivity contribution is 5.79. The average Bonchev–Trinajstić information content (AvgIpc) is 3.03. The van der Waals surface area contributed by atoms with Gasteiger partial charge >= 0.3 is 0 Å². The highest BCUT2D eigenvalue weighted by atomic mass is 19.1. The number of aliphatic imine (C=N–C) groups is 1. The minimum Gasteiger partial charge on any atom is -0.357 e. The molecular weight excluding hydrogens is 319 g/mol. The van der Waals surface area contributed by atoms with Crippen molar-refractivity contribution in [1.29, 1.82) is 0 Å². The van der Waals surface area contributed by atoms with Gasteiger partial charge in [0.1, 0.15) is 5.82 Å². The summed E-state index contributed by atoms with van der Waals surface area (Å²) in [6, 6.07) is 10.8. The molecule has 0 spiro atoms. The molecule has 0 saturated heterocycles. The molecule has 0 atom stereocenters. The second-order valence-electron chi connectivity index (χ2n) is 5.68. The van der Waals surface area contributed by atoms with Crippen molar-refractivity contribution in [3.8, 4) is 0 Å². The van der Waals surface area contributed by atoms with Crippen molar-refractivity contribution in [3.05, 3.63) is 65.4 Å². The van der Waals surface area contributed by atoms with Crippen LogP contribution < -0.4 is 10.6 Å². The molecule has 0 bridgehead atoms. The minimum atomic E-state index is -0.198. The van der Waals surface area contributed by atoms with E-state index in [1.54, 1.807) is 13.0 Å². The molecule has 2 heterocycles. The molecule has 3 aromatic rings. The maximum atomic E-state index is 13.3. The van der Waals surface area contributed by atoms with Crippen molar-refractivity contribution in [2.45, 2.75) is 26.9 Å². The quantitative estimate of drug-likeness (QED) is 0.553. The zero-order valence-electron chi connectivity index (χ0n) is 14.3. The van der Waals surface area contributed by atoms with Crippen LogP contribution in [-0.4, -0.2) is 27.1 Å². The van der Waals surface area contributed by atoms with Crippen LogP contribution in [0.1, 0.15) is 23.9 Å². The van der Waals surface area contributed by atoms with Crippen molar-refractivity contribution in [2.75, 3.05) is 6.54 Å². The molecule has 0 aliphatic carbocycles. The van der Waals surface area contributed by atoms with Gasteiger partial charge in [0.2, 0.25) is 0 Å². The number of nitrogens with one attached hydrogen (secondary N) is 2. The summed E-state index contributed by atoms with van der Waals surface area (Å²) in [5.74, 6) is 1.28. The third-order valence-electron chi connectivity index (χ3n) is 3.78. The van der Waals surface area contributed by atoms with E-state index in [2.05, 4.69) is 25.8 Å². The number of hydrogen-bond acceptors (Lipinski definition) is 3. The molecule has 0 unspecified atom stereocenters. The summed E-state index contributed by atoms with van der Waals surface area (Å²) in [5.41, 5.74) is 2.40. The van der Waals surface area contributed by atoms with Gasteiger partial charge < -0.3 is 10.6 Å². The van der Waals surface area contributed by atoms with E-state index in [0.717, 1.165) is 23.6 Å². The first-order valence-electron chi connectivity index (χ1n) is 8.23. The summed E-state index contributed by atoms with van der Waals surface area (Å²) >= 11 is 0. The summed E-state index contributed by atoms with van der Waals surface area (Å²) in [4.78, 5) is 4.55. The third-order valence-corrected chi connectivity index (χ3v) is 3.78. The molecule has 0 saturated carbocycles. The monoisotopic (exact) mass is 340 g/mol. The summed E-state index contributed by atoms with van der Waals surface area (Å²) in [7, 11) is 0.